The van der Waals surface area contributed by atoms with Gasteiger partial charge in [0.25, 0.3) is 0 Å². The summed E-state index contributed by atoms with van der Waals surface area (Å²) in [5, 5.41) is 18.5. The molecule has 0 spiro atoms. The van der Waals surface area contributed by atoms with Crippen LogP contribution in [0.4, 0.5) is 8.78 Å². The van der Waals surface area contributed by atoms with Crippen LogP contribution in [0.25, 0.3) is 0 Å². The van der Waals surface area contributed by atoms with Gasteiger partial charge in [-0.1, -0.05) is 12.1 Å². The highest BCUT2D eigenvalue weighted by Crippen LogP contribution is 2.17. The minimum absolute atomic E-state index is 0.0204. The van der Waals surface area contributed by atoms with Gasteiger partial charge in [-0.2, -0.15) is 0 Å². The van der Waals surface area contributed by atoms with Crippen LogP contribution in [0.1, 0.15) is 5.56 Å². The van der Waals surface area contributed by atoms with Crippen LogP contribution in [0.2, 0.25) is 0 Å². The third-order valence-electron chi connectivity index (χ3n) is 2.81. The van der Waals surface area contributed by atoms with E-state index in [1.807, 2.05) is 0 Å². The van der Waals surface area contributed by atoms with E-state index >= 15 is 0 Å². The van der Waals surface area contributed by atoms with Gasteiger partial charge < -0.3 is 19.5 Å². The molecule has 2 N–H and O–H groups in total. The fourth-order valence-electron chi connectivity index (χ4n) is 1.85. The van der Waals surface area contributed by atoms with E-state index in [0.717, 1.165) is 18.2 Å². The van der Waals surface area contributed by atoms with Gasteiger partial charge in [-0.05, 0) is 11.6 Å². The van der Waals surface area contributed by atoms with Crippen LogP contribution in [0, 0.1) is 11.6 Å². The lowest BCUT2D eigenvalue weighted by Gasteiger charge is -2.11. The molecule has 0 radical (unpaired) electrons. The van der Waals surface area contributed by atoms with E-state index in [2.05, 4.69) is 0 Å². The van der Waals surface area contributed by atoms with E-state index in [0.29, 0.717) is 11.3 Å². The molecule has 0 heterocycles. The summed E-state index contributed by atoms with van der Waals surface area (Å²) >= 11 is 0. The summed E-state index contributed by atoms with van der Waals surface area (Å²) in [6.07, 6.45) is 0. The van der Waals surface area contributed by atoms with Crippen molar-refractivity contribution < 1.29 is 28.3 Å². The fourth-order valence-corrected chi connectivity index (χ4v) is 1.85. The number of halogens is 2. The second-order valence-corrected chi connectivity index (χ2v) is 4.34. The van der Waals surface area contributed by atoms with Gasteiger partial charge in [-0.3, -0.25) is 0 Å². The molecule has 0 aliphatic heterocycles. The van der Waals surface area contributed by atoms with Gasteiger partial charge in [0.15, 0.2) is 0 Å². The molecule has 2 aromatic carbocycles. The second-order valence-electron chi connectivity index (χ2n) is 4.34. The minimum Gasteiger partial charge on any atom is -0.497 e. The standard InChI is InChI=1S/C14H13BF2O4/c1-20-14-3-2-9(4-13(14)15(18)19)8-21-12-6-10(16)5-11(17)7-12/h2-7,18-19H,8H2,1H3. The average molecular weight is 294 g/mol. The fraction of sp³-hybridized carbons (Fsp3) is 0.143. The van der Waals surface area contributed by atoms with Crippen LogP contribution in [-0.2, 0) is 6.61 Å². The first-order valence-electron chi connectivity index (χ1n) is 6.11. The van der Waals surface area contributed by atoms with Crippen molar-refractivity contribution in [3.63, 3.8) is 0 Å². The Morgan fingerprint density at radius 1 is 1.05 bits per heavy atom. The number of methoxy groups -OCH3 is 1. The molecule has 0 amide bonds. The van der Waals surface area contributed by atoms with Gasteiger partial charge >= 0.3 is 7.12 Å². The van der Waals surface area contributed by atoms with Crippen molar-refractivity contribution in [3.8, 4) is 11.5 Å². The van der Waals surface area contributed by atoms with Crippen LogP contribution < -0.4 is 14.9 Å². The Balaban J connectivity index is 2.14. The van der Waals surface area contributed by atoms with E-state index in [9.17, 15) is 18.8 Å². The van der Waals surface area contributed by atoms with E-state index in [1.165, 1.54) is 13.2 Å². The maximum atomic E-state index is 13.0. The number of rotatable bonds is 5. The van der Waals surface area contributed by atoms with E-state index < -0.39 is 18.8 Å². The lowest BCUT2D eigenvalue weighted by Crippen LogP contribution is -2.31. The van der Waals surface area contributed by atoms with Gasteiger partial charge in [0.05, 0.1) is 7.11 Å². The molecule has 4 nitrogen and oxygen atoms in total. The van der Waals surface area contributed by atoms with Crippen molar-refractivity contribution in [1.29, 1.82) is 0 Å². The number of hydrogen-bond donors (Lipinski definition) is 2. The Labute approximate surface area is 120 Å². The molecular weight excluding hydrogens is 281 g/mol. The Morgan fingerprint density at radius 3 is 2.29 bits per heavy atom. The SMILES string of the molecule is COc1ccc(COc2cc(F)cc(F)c2)cc1B(O)O. The highest BCUT2D eigenvalue weighted by Gasteiger charge is 2.17. The maximum Gasteiger partial charge on any atom is 0.492 e. The summed E-state index contributed by atoms with van der Waals surface area (Å²) in [7, 11) is -0.279. The maximum absolute atomic E-state index is 13.0. The summed E-state index contributed by atoms with van der Waals surface area (Å²) in [5.41, 5.74) is 0.785. The summed E-state index contributed by atoms with van der Waals surface area (Å²) in [5.74, 6) is -1.09. The molecule has 7 heteroatoms. The van der Waals surface area contributed by atoms with Gasteiger partial charge in [-0.25, -0.2) is 8.78 Å². The van der Waals surface area contributed by atoms with Crippen LogP contribution >= 0.6 is 0 Å². The van der Waals surface area contributed by atoms with Crippen molar-refractivity contribution in [2.45, 2.75) is 6.61 Å². The predicted octanol–water partition coefficient (Wildman–Crippen LogP) is 1.23. The molecule has 0 aliphatic carbocycles. The van der Waals surface area contributed by atoms with Gasteiger partial charge in [0, 0.05) is 23.7 Å². The molecule has 0 aromatic heterocycles. The monoisotopic (exact) mass is 294 g/mol. The van der Waals surface area contributed by atoms with Gasteiger partial charge in [0.1, 0.15) is 29.7 Å². The van der Waals surface area contributed by atoms with Crippen molar-refractivity contribution in [2.24, 2.45) is 0 Å². The summed E-state index contributed by atoms with van der Waals surface area (Å²) < 4.78 is 36.3. The van der Waals surface area contributed by atoms with Crippen molar-refractivity contribution in [3.05, 3.63) is 53.6 Å². The molecule has 0 unspecified atom stereocenters. The van der Waals surface area contributed by atoms with E-state index in [4.69, 9.17) is 9.47 Å². The zero-order chi connectivity index (χ0) is 15.4. The largest absolute Gasteiger partial charge is 0.497 e. The highest BCUT2D eigenvalue weighted by atomic mass is 19.1. The quantitative estimate of drug-likeness (QED) is 0.814. The highest BCUT2D eigenvalue weighted by molar-refractivity contribution is 6.59. The van der Waals surface area contributed by atoms with Crippen LogP contribution in [0.15, 0.2) is 36.4 Å². The number of ether oxygens (including phenoxy) is 2. The number of benzene rings is 2. The van der Waals surface area contributed by atoms with Crippen molar-refractivity contribution in [2.75, 3.05) is 7.11 Å². The average Bonchev–Trinajstić information content (AvgIpc) is 2.43. The van der Waals surface area contributed by atoms with Crippen molar-refractivity contribution in [1.82, 2.24) is 0 Å². The lowest BCUT2D eigenvalue weighted by molar-refractivity contribution is 0.302. The van der Waals surface area contributed by atoms with Gasteiger partial charge in [-0.15, -0.1) is 0 Å². The van der Waals surface area contributed by atoms with Crippen LogP contribution in [-0.4, -0.2) is 24.3 Å². The Bertz CT molecular complexity index is 614. The molecule has 0 atom stereocenters. The molecule has 110 valence electrons. The first-order chi connectivity index (χ1) is 9.99. The lowest BCUT2D eigenvalue weighted by atomic mass is 9.79. The topological polar surface area (TPSA) is 58.9 Å². The predicted molar refractivity (Wildman–Crippen MR) is 73.5 cm³/mol. The zero-order valence-corrected chi connectivity index (χ0v) is 11.2. The van der Waals surface area contributed by atoms with Crippen LogP contribution in [0.5, 0.6) is 11.5 Å². The van der Waals surface area contributed by atoms with E-state index in [1.54, 1.807) is 12.1 Å². The molecular formula is C14H13BF2O4. The van der Waals surface area contributed by atoms with Gasteiger partial charge in [0.2, 0.25) is 0 Å². The molecule has 0 bridgehead atoms. The Kier molecular flexibility index (Phi) is 4.77. The third kappa shape index (κ3) is 3.93. The second kappa shape index (κ2) is 6.56. The smallest absolute Gasteiger partial charge is 0.492 e. The summed E-state index contributed by atoms with van der Waals surface area (Å²) in [6.45, 7) is 0.0204. The minimum atomic E-state index is -1.69. The first kappa shape index (κ1) is 15.3. The molecule has 0 saturated carbocycles. The third-order valence-corrected chi connectivity index (χ3v) is 2.81. The first-order valence-corrected chi connectivity index (χ1v) is 6.11. The normalized spacial score (nSPS) is 10.3. The Morgan fingerprint density at radius 2 is 1.71 bits per heavy atom. The van der Waals surface area contributed by atoms with Crippen LogP contribution in [0.3, 0.4) is 0 Å². The molecule has 0 fully saturated rings. The van der Waals surface area contributed by atoms with Crippen molar-refractivity contribution >= 4 is 12.6 Å². The zero-order valence-electron chi connectivity index (χ0n) is 11.2. The molecule has 2 aromatic rings. The molecule has 2 rings (SSSR count). The molecule has 21 heavy (non-hydrogen) atoms. The molecule has 0 saturated heterocycles. The van der Waals surface area contributed by atoms with E-state index in [-0.39, 0.29) is 17.8 Å². The molecule has 0 aliphatic rings. The summed E-state index contributed by atoms with van der Waals surface area (Å²) in [6, 6.07) is 7.57. The summed E-state index contributed by atoms with van der Waals surface area (Å²) in [4.78, 5) is 0. The Hall–Kier alpha value is -2.12. The number of hydrogen-bond acceptors (Lipinski definition) is 4.